The minimum Gasteiger partial charge on any atom is -0.384 e. The van der Waals surface area contributed by atoms with Crippen molar-refractivity contribution in [2.45, 2.75) is 9.24 Å². The topological polar surface area (TPSA) is 78.9 Å². The number of nitrogens with two attached hydrogens (primary N) is 1. The van der Waals surface area contributed by atoms with Crippen molar-refractivity contribution in [3.63, 3.8) is 0 Å². The van der Waals surface area contributed by atoms with Crippen molar-refractivity contribution in [2.75, 3.05) is 19.0 Å². The van der Waals surface area contributed by atoms with E-state index >= 15 is 0 Å². The van der Waals surface area contributed by atoms with Crippen LogP contribution in [-0.4, -0.2) is 30.1 Å². The number of nitrogen functional groups attached to an aromatic ring is 1. The molecule has 0 unspecified atom stereocenters. The monoisotopic (exact) mass is 313 g/mol. The van der Waals surface area contributed by atoms with Gasteiger partial charge in [-0.25, -0.2) is 0 Å². The average Bonchev–Trinajstić information content (AvgIpc) is 2.77. The summed E-state index contributed by atoms with van der Waals surface area (Å²) in [6.45, 7) is 0. The van der Waals surface area contributed by atoms with Crippen molar-refractivity contribution < 1.29 is 0 Å². The summed E-state index contributed by atoms with van der Waals surface area (Å²) >= 11 is 9.06. The number of hydrogen-bond acceptors (Lipinski definition) is 6. The normalized spacial score (nSPS) is 10.5. The Kier molecular flexibility index (Phi) is 4.28. The second-order valence-electron chi connectivity index (χ2n) is 3.90. The van der Waals surface area contributed by atoms with Gasteiger partial charge < -0.3 is 10.6 Å². The molecule has 0 bridgehead atoms. The quantitative estimate of drug-likeness (QED) is 0.670. The van der Waals surface area contributed by atoms with Crippen LogP contribution in [0.5, 0.6) is 0 Å². The van der Waals surface area contributed by atoms with Gasteiger partial charge in [-0.1, -0.05) is 34.7 Å². The molecule has 2 aromatic rings. The molecule has 3 N–H and O–H groups in total. The van der Waals surface area contributed by atoms with E-state index in [2.05, 4.69) is 10.2 Å². The van der Waals surface area contributed by atoms with Crippen molar-refractivity contribution in [2.24, 2.45) is 5.73 Å². The standard InChI is InChI=1S/C11H12ClN5S2/c1-17(2)10-15-16-11(19-10)18-6-3-4-7(9(13)14)8(12)5-6/h3-5H,1-2H3,(H3,13,14). The average molecular weight is 314 g/mol. The van der Waals surface area contributed by atoms with Crippen molar-refractivity contribution >= 4 is 45.7 Å². The molecule has 1 heterocycles. The van der Waals surface area contributed by atoms with Gasteiger partial charge in [-0.3, -0.25) is 5.41 Å². The molecular formula is C11H12ClN5S2. The number of anilines is 1. The third kappa shape index (κ3) is 3.37. The molecule has 0 atom stereocenters. The SMILES string of the molecule is CN(C)c1nnc(Sc2ccc(C(=N)N)c(Cl)c2)s1. The molecule has 1 aromatic heterocycles. The number of aromatic nitrogens is 2. The molecule has 8 heteroatoms. The Bertz CT molecular complexity index is 611. The lowest BCUT2D eigenvalue weighted by molar-refractivity contribution is 0.972. The van der Waals surface area contributed by atoms with E-state index in [0.717, 1.165) is 14.4 Å². The first-order valence-electron chi connectivity index (χ1n) is 5.30. The first-order valence-corrected chi connectivity index (χ1v) is 7.31. The number of halogens is 1. The Morgan fingerprint density at radius 3 is 2.68 bits per heavy atom. The summed E-state index contributed by atoms with van der Waals surface area (Å²) in [6.07, 6.45) is 0. The van der Waals surface area contributed by atoms with Crippen LogP contribution in [0, 0.1) is 5.41 Å². The summed E-state index contributed by atoms with van der Waals surface area (Å²) < 4.78 is 0.843. The van der Waals surface area contributed by atoms with Crippen molar-refractivity contribution in [3.05, 3.63) is 28.8 Å². The van der Waals surface area contributed by atoms with E-state index in [9.17, 15) is 0 Å². The van der Waals surface area contributed by atoms with Gasteiger partial charge in [-0.2, -0.15) is 0 Å². The van der Waals surface area contributed by atoms with Crippen LogP contribution in [0.2, 0.25) is 5.02 Å². The first kappa shape index (κ1) is 14.1. The van der Waals surface area contributed by atoms with Crippen LogP contribution < -0.4 is 10.6 Å². The van der Waals surface area contributed by atoms with E-state index in [1.165, 1.54) is 23.1 Å². The highest BCUT2D eigenvalue weighted by Crippen LogP contribution is 2.34. The van der Waals surface area contributed by atoms with Crippen LogP contribution >= 0.6 is 34.7 Å². The van der Waals surface area contributed by atoms with Gasteiger partial charge in [-0.15, -0.1) is 10.2 Å². The number of rotatable bonds is 4. The van der Waals surface area contributed by atoms with Gasteiger partial charge in [0.25, 0.3) is 0 Å². The number of hydrogen-bond donors (Lipinski definition) is 2. The molecule has 100 valence electrons. The Labute approximate surface area is 124 Å². The van der Waals surface area contributed by atoms with Gasteiger partial charge in [0.15, 0.2) is 4.34 Å². The molecule has 19 heavy (non-hydrogen) atoms. The molecule has 0 aliphatic carbocycles. The fraction of sp³-hybridized carbons (Fsp3) is 0.182. The summed E-state index contributed by atoms with van der Waals surface area (Å²) in [6, 6.07) is 5.38. The van der Waals surface area contributed by atoms with Gasteiger partial charge >= 0.3 is 0 Å². The van der Waals surface area contributed by atoms with Gasteiger partial charge in [0.05, 0.1) is 5.02 Å². The Morgan fingerprint density at radius 1 is 1.42 bits per heavy atom. The molecule has 0 fully saturated rings. The minimum atomic E-state index is -0.0349. The fourth-order valence-electron chi connectivity index (χ4n) is 1.30. The van der Waals surface area contributed by atoms with Crippen LogP contribution in [0.15, 0.2) is 27.4 Å². The maximum atomic E-state index is 7.38. The molecule has 0 radical (unpaired) electrons. The summed E-state index contributed by atoms with van der Waals surface area (Å²) in [4.78, 5) is 2.85. The van der Waals surface area contributed by atoms with Crippen LogP contribution in [0.4, 0.5) is 5.13 Å². The zero-order chi connectivity index (χ0) is 14.0. The first-order chi connectivity index (χ1) is 8.97. The van der Waals surface area contributed by atoms with Gasteiger partial charge in [0.1, 0.15) is 5.84 Å². The van der Waals surface area contributed by atoms with Crippen molar-refractivity contribution in [1.29, 1.82) is 5.41 Å². The van der Waals surface area contributed by atoms with E-state index in [-0.39, 0.29) is 5.84 Å². The zero-order valence-corrected chi connectivity index (χ0v) is 12.7. The maximum absolute atomic E-state index is 7.38. The van der Waals surface area contributed by atoms with Crippen LogP contribution in [-0.2, 0) is 0 Å². The Hall–Kier alpha value is -1.31. The zero-order valence-electron chi connectivity index (χ0n) is 10.3. The molecular weight excluding hydrogens is 302 g/mol. The predicted molar refractivity (Wildman–Crippen MR) is 80.8 cm³/mol. The molecule has 1 aromatic carbocycles. The lowest BCUT2D eigenvalue weighted by Gasteiger charge is -2.04. The minimum absolute atomic E-state index is 0.0349. The molecule has 5 nitrogen and oxygen atoms in total. The highest BCUT2D eigenvalue weighted by molar-refractivity contribution is 8.01. The second kappa shape index (κ2) is 5.77. The smallest absolute Gasteiger partial charge is 0.208 e. The number of benzene rings is 1. The van der Waals surface area contributed by atoms with E-state index < -0.39 is 0 Å². The molecule has 0 aliphatic rings. The number of nitrogens with one attached hydrogen (secondary N) is 1. The summed E-state index contributed by atoms with van der Waals surface area (Å²) in [5, 5.41) is 16.9. The van der Waals surface area contributed by atoms with E-state index in [4.69, 9.17) is 22.7 Å². The molecule has 0 aliphatic heterocycles. The molecule has 0 saturated heterocycles. The van der Waals surface area contributed by atoms with Crippen LogP contribution in [0.3, 0.4) is 0 Å². The third-order valence-corrected chi connectivity index (χ3v) is 4.66. The fourth-order valence-corrected chi connectivity index (χ4v) is 3.43. The molecule has 0 spiro atoms. The van der Waals surface area contributed by atoms with Gasteiger partial charge in [0.2, 0.25) is 5.13 Å². The number of amidine groups is 1. The van der Waals surface area contributed by atoms with Crippen LogP contribution in [0.25, 0.3) is 0 Å². The highest BCUT2D eigenvalue weighted by Gasteiger charge is 2.09. The predicted octanol–water partition coefficient (Wildman–Crippen LogP) is 2.69. The highest BCUT2D eigenvalue weighted by atomic mass is 35.5. The summed E-state index contributed by atoms with van der Waals surface area (Å²) in [7, 11) is 3.85. The van der Waals surface area contributed by atoms with E-state index in [1.807, 2.05) is 25.1 Å². The lowest BCUT2D eigenvalue weighted by Crippen LogP contribution is -2.11. The lowest BCUT2D eigenvalue weighted by atomic mass is 10.2. The van der Waals surface area contributed by atoms with Gasteiger partial charge in [0, 0.05) is 24.6 Å². The van der Waals surface area contributed by atoms with E-state index in [1.54, 1.807) is 12.1 Å². The third-order valence-electron chi connectivity index (χ3n) is 2.21. The van der Waals surface area contributed by atoms with Crippen molar-refractivity contribution in [1.82, 2.24) is 10.2 Å². The Morgan fingerprint density at radius 2 is 2.16 bits per heavy atom. The Balaban J connectivity index is 2.19. The van der Waals surface area contributed by atoms with Gasteiger partial charge in [-0.05, 0) is 18.2 Å². The maximum Gasteiger partial charge on any atom is 0.208 e. The largest absolute Gasteiger partial charge is 0.384 e. The van der Waals surface area contributed by atoms with Crippen LogP contribution in [0.1, 0.15) is 5.56 Å². The molecule has 0 amide bonds. The van der Waals surface area contributed by atoms with Crippen molar-refractivity contribution in [3.8, 4) is 0 Å². The molecule has 0 saturated carbocycles. The number of nitrogens with zero attached hydrogens (tertiary/aromatic N) is 3. The van der Waals surface area contributed by atoms with E-state index in [0.29, 0.717) is 10.6 Å². The summed E-state index contributed by atoms with van der Waals surface area (Å²) in [5.41, 5.74) is 5.96. The molecule has 2 rings (SSSR count). The summed E-state index contributed by atoms with van der Waals surface area (Å²) in [5.74, 6) is -0.0349. The second-order valence-corrected chi connectivity index (χ2v) is 6.59.